The number of amides is 1. The lowest BCUT2D eigenvalue weighted by atomic mass is 9.90. The van der Waals surface area contributed by atoms with Gasteiger partial charge in [-0.25, -0.2) is 0 Å². The van der Waals surface area contributed by atoms with Gasteiger partial charge in [-0.15, -0.1) is 11.6 Å². The Labute approximate surface area is 103 Å². The van der Waals surface area contributed by atoms with Crippen molar-refractivity contribution in [2.75, 3.05) is 12.9 Å². The van der Waals surface area contributed by atoms with Gasteiger partial charge in [0.15, 0.2) is 0 Å². The summed E-state index contributed by atoms with van der Waals surface area (Å²) in [5, 5.41) is 2.98. The Hall–Kier alpha value is -0.280. The number of hydrogen-bond acceptors (Lipinski definition) is 2. The normalized spacial score (nSPS) is 30.4. The first-order chi connectivity index (χ1) is 7.70. The fourth-order valence-corrected chi connectivity index (χ4v) is 2.75. The van der Waals surface area contributed by atoms with Gasteiger partial charge in [-0.2, -0.15) is 0 Å². The summed E-state index contributed by atoms with van der Waals surface area (Å²) in [6.07, 6.45) is 7.37. The van der Waals surface area contributed by atoms with E-state index in [1.54, 1.807) is 0 Å². The minimum atomic E-state index is -0.0272. The molecule has 1 amide bonds. The highest BCUT2D eigenvalue weighted by Crippen LogP contribution is 2.32. The van der Waals surface area contributed by atoms with Crippen molar-refractivity contribution in [3.8, 4) is 0 Å². The smallest absolute Gasteiger partial charge is 0.235 e. The van der Waals surface area contributed by atoms with Gasteiger partial charge in [-0.3, -0.25) is 4.79 Å². The highest BCUT2D eigenvalue weighted by molar-refractivity contribution is 6.27. The maximum absolute atomic E-state index is 11.2. The number of carbonyl (C=O) groups is 1. The maximum atomic E-state index is 11.2. The van der Waals surface area contributed by atoms with Crippen LogP contribution in [0, 0.1) is 0 Å². The number of rotatable bonds is 4. The lowest BCUT2D eigenvalue weighted by molar-refractivity contribution is -0.119. The molecule has 0 aromatic carbocycles. The van der Waals surface area contributed by atoms with Crippen LogP contribution in [0.25, 0.3) is 0 Å². The fraction of sp³-hybridized carbons (Fsp3) is 0.917. The number of nitrogens with zero attached hydrogens (tertiary/aromatic N) is 1. The summed E-state index contributed by atoms with van der Waals surface area (Å²) in [5.41, 5.74) is 0. The van der Waals surface area contributed by atoms with E-state index in [1.165, 1.54) is 25.7 Å². The van der Waals surface area contributed by atoms with E-state index in [-0.39, 0.29) is 11.8 Å². The largest absolute Gasteiger partial charge is 0.352 e. The Morgan fingerprint density at radius 1 is 1.19 bits per heavy atom. The van der Waals surface area contributed by atoms with Crippen LogP contribution in [0.4, 0.5) is 0 Å². The van der Waals surface area contributed by atoms with E-state index in [9.17, 15) is 4.79 Å². The van der Waals surface area contributed by atoms with E-state index in [1.807, 2.05) is 0 Å². The molecular weight excluding hydrogens is 224 g/mol. The number of hydrogen-bond donors (Lipinski definition) is 1. The first-order valence-electron chi connectivity index (χ1n) is 6.28. The van der Waals surface area contributed by atoms with Crippen LogP contribution in [0.3, 0.4) is 0 Å². The van der Waals surface area contributed by atoms with Gasteiger partial charge in [-0.1, -0.05) is 0 Å². The summed E-state index contributed by atoms with van der Waals surface area (Å²) in [6, 6.07) is 1.94. The molecule has 2 aliphatic rings. The van der Waals surface area contributed by atoms with Crippen LogP contribution in [-0.2, 0) is 4.79 Å². The molecule has 3 nitrogen and oxygen atoms in total. The Morgan fingerprint density at radius 2 is 1.69 bits per heavy atom. The van der Waals surface area contributed by atoms with E-state index < -0.39 is 0 Å². The molecule has 2 fully saturated rings. The Bertz CT molecular complexity index is 247. The van der Waals surface area contributed by atoms with Crippen LogP contribution in [0.5, 0.6) is 0 Å². The van der Waals surface area contributed by atoms with Gasteiger partial charge in [0.1, 0.15) is 5.88 Å². The lowest BCUT2D eigenvalue weighted by Crippen LogP contribution is -2.43. The molecule has 0 bridgehead atoms. The molecule has 0 radical (unpaired) electrons. The first kappa shape index (κ1) is 12.2. The van der Waals surface area contributed by atoms with E-state index in [4.69, 9.17) is 11.6 Å². The maximum Gasteiger partial charge on any atom is 0.235 e. The Kier molecular flexibility index (Phi) is 4.09. The number of carbonyl (C=O) groups excluding carboxylic acids is 1. The zero-order valence-corrected chi connectivity index (χ0v) is 10.7. The van der Waals surface area contributed by atoms with Crippen molar-refractivity contribution in [2.24, 2.45) is 0 Å². The van der Waals surface area contributed by atoms with Crippen molar-refractivity contribution < 1.29 is 4.79 Å². The molecule has 16 heavy (non-hydrogen) atoms. The quantitative estimate of drug-likeness (QED) is 0.765. The zero-order valence-electron chi connectivity index (χ0n) is 9.92. The van der Waals surface area contributed by atoms with Crippen molar-refractivity contribution in [1.29, 1.82) is 0 Å². The van der Waals surface area contributed by atoms with E-state index in [0.29, 0.717) is 6.04 Å². The molecule has 4 heteroatoms. The van der Waals surface area contributed by atoms with Crippen molar-refractivity contribution in [1.82, 2.24) is 10.2 Å². The molecule has 0 saturated heterocycles. The van der Waals surface area contributed by atoms with Gasteiger partial charge >= 0.3 is 0 Å². The molecule has 0 aromatic rings. The average Bonchev–Trinajstić information content (AvgIpc) is 3.13. The van der Waals surface area contributed by atoms with Crippen LogP contribution in [0.1, 0.15) is 38.5 Å². The summed E-state index contributed by atoms with van der Waals surface area (Å²) >= 11 is 5.48. The van der Waals surface area contributed by atoms with Crippen molar-refractivity contribution in [3.05, 3.63) is 0 Å². The second kappa shape index (κ2) is 5.37. The van der Waals surface area contributed by atoms with Crippen molar-refractivity contribution >= 4 is 17.5 Å². The third-order valence-electron chi connectivity index (χ3n) is 3.88. The lowest BCUT2D eigenvalue weighted by Gasteiger charge is -2.35. The summed E-state index contributed by atoms with van der Waals surface area (Å²) < 4.78 is 0. The van der Waals surface area contributed by atoms with Gasteiger partial charge in [0, 0.05) is 18.1 Å². The van der Waals surface area contributed by atoms with Crippen LogP contribution < -0.4 is 5.32 Å². The molecule has 1 N–H and O–H groups in total. The predicted molar refractivity (Wildman–Crippen MR) is 65.7 cm³/mol. The summed E-state index contributed by atoms with van der Waals surface area (Å²) in [7, 11) is 2.25. The zero-order chi connectivity index (χ0) is 11.5. The third-order valence-corrected chi connectivity index (χ3v) is 4.12. The molecule has 0 atom stereocenters. The van der Waals surface area contributed by atoms with Gasteiger partial charge in [-0.05, 0) is 45.6 Å². The van der Waals surface area contributed by atoms with E-state index in [2.05, 4.69) is 17.3 Å². The van der Waals surface area contributed by atoms with Crippen LogP contribution in [-0.4, -0.2) is 41.9 Å². The monoisotopic (exact) mass is 244 g/mol. The Morgan fingerprint density at radius 3 is 2.12 bits per heavy atom. The molecular formula is C12H21ClN2O. The minimum Gasteiger partial charge on any atom is -0.352 e. The second-order valence-electron chi connectivity index (χ2n) is 5.10. The third kappa shape index (κ3) is 3.11. The molecule has 0 spiro atoms. The molecule has 2 aliphatic carbocycles. The first-order valence-corrected chi connectivity index (χ1v) is 6.81. The summed E-state index contributed by atoms with van der Waals surface area (Å²) in [6.45, 7) is 0. The van der Waals surface area contributed by atoms with Crippen LogP contribution in [0.15, 0.2) is 0 Å². The molecule has 0 heterocycles. The average molecular weight is 245 g/mol. The molecule has 0 unspecified atom stereocenters. The van der Waals surface area contributed by atoms with E-state index >= 15 is 0 Å². The number of nitrogens with one attached hydrogen (secondary N) is 1. The van der Waals surface area contributed by atoms with Gasteiger partial charge in [0.2, 0.25) is 5.91 Å². The molecule has 92 valence electrons. The van der Waals surface area contributed by atoms with Crippen molar-refractivity contribution in [2.45, 2.75) is 56.7 Å². The molecule has 2 saturated carbocycles. The SMILES string of the molecule is CN(C1CCC(NC(=O)CCl)CC1)C1CC1. The molecule has 0 aliphatic heterocycles. The van der Waals surface area contributed by atoms with Crippen LogP contribution in [0.2, 0.25) is 0 Å². The summed E-state index contributed by atoms with van der Waals surface area (Å²) in [4.78, 5) is 13.7. The van der Waals surface area contributed by atoms with Gasteiger partial charge in [0.25, 0.3) is 0 Å². The van der Waals surface area contributed by atoms with Gasteiger partial charge < -0.3 is 10.2 Å². The standard InChI is InChI=1S/C12H21ClN2O/c1-15(11-6-7-11)10-4-2-9(3-5-10)14-12(16)8-13/h9-11H,2-8H2,1H3,(H,14,16). The summed E-state index contributed by atoms with van der Waals surface area (Å²) in [5.74, 6) is 0.0581. The highest BCUT2D eigenvalue weighted by atomic mass is 35.5. The topological polar surface area (TPSA) is 32.3 Å². The predicted octanol–water partition coefficient (Wildman–Crippen LogP) is 1.75. The van der Waals surface area contributed by atoms with Crippen molar-refractivity contribution in [3.63, 3.8) is 0 Å². The van der Waals surface area contributed by atoms with Gasteiger partial charge in [0.05, 0.1) is 0 Å². The Balaban J connectivity index is 1.71. The van der Waals surface area contributed by atoms with Crippen LogP contribution >= 0.6 is 11.6 Å². The highest BCUT2D eigenvalue weighted by Gasteiger charge is 2.33. The van der Waals surface area contributed by atoms with E-state index in [0.717, 1.165) is 24.9 Å². The fourth-order valence-electron chi connectivity index (χ4n) is 2.67. The molecule has 0 aromatic heterocycles. The molecule has 2 rings (SSSR count). The minimum absolute atomic E-state index is 0.0272. The number of halogens is 1. The number of alkyl halides is 1. The second-order valence-corrected chi connectivity index (χ2v) is 5.37.